The first-order valence-electron chi connectivity index (χ1n) is 8.58. The third-order valence-corrected chi connectivity index (χ3v) is 5.47. The number of halogens is 1. The molecular weight excluding hydrogens is 458 g/mol. The summed E-state index contributed by atoms with van der Waals surface area (Å²) < 4.78 is 6.06. The highest BCUT2D eigenvalue weighted by molar-refractivity contribution is 9.10. The van der Waals surface area contributed by atoms with Crippen LogP contribution in [0.3, 0.4) is 0 Å². The number of thiophene rings is 1. The SMILES string of the molecule is CCOC(=O)c1c(-c2ccc(Br)cc2)csc1NC(=O)c1ccccc1C(=O)[O-]. The second-order valence-electron chi connectivity index (χ2n) is 5.87. The summed E-state index contributed by atoms with van der Waals surface area (Å²) in [6.45, 7) is 1.87. The van der Waals surface area contributed by atoms with E-state index in [-0.39, 0.29) is 28.3 Å². The second-order valence-corrected chi connectivity index (χ2v) is 7.66. The first-order chi connectivity index (χ1) is 13.9. The Balaban J connectivity index is 2.01. The fraction of sp³-hybridized carbons (Fsp3) is 0.0952. The number of nitrogens with one attached hydrogen (secondary N) is 1. The van der Waals surface area contributed by atoms with E-state index in [0.717, 1.165) is 21.4 Å². The highest BCUT2D eigenvalue weighted by Crippen LogP contribution is 2.37. The molecule has 0 bridgehead atoms. The second kappa shape index (κ2) is 9.02. The average Bonchev–Trinajstić information content (AvgIpc) is 3.12. The normalized spacial score (nSPS) is 10.4. The molecule has 0 aliphatic rings. The largest absolute Gasteiger partial charge is 0.545 e. The zero-order valence-corrected chi connectivity index (χ0v) is 17.6. The van der Waals surface area contributed by atoms with E-state index in [1.807, 2.05) is 24.3 Å². The van der Waals surface area contributed by atoms with Crippen molar-refractivity contribution < 1.29 is 24.2 Å². The molecule has 0 aliphatic carbocycles. The van der Waals surface area contributed by atoms with Crippen LogP contribution in [0.1, 0.15) is 38.0 Å². The van der Waals surface area contributed by atoms with E-state index in [2.05, 4.69) is 21.2 Å². The molecule has 1 aromatic heterocycles. The van der Waals surface area contributed by atoms with E-state index in [0.29, 0.717) is 5.56 Å². The number of rotatable bonds is 6. The smallest absolute Gasteiger partial charge is 0.341 e. The molecule has 148 valence electrons. The molecule has 3 aromatic rings. The summed E-state index contributed by atoms with van der Waals surface area (Å²) in [5, 5.41) is 16.0. The van der Waals surface area contributed by atoms with Gasteiger partial charge in [-0.1, -0.05) is 46.3 Å². The summed E-state index contributed by atoms with van der Waals surface area (Å²) in [6.07, 6.45) is 0. The summed E-state index contributed by atoms with van der Waals surface area (Å²) in [6, 6.07) is 13.1. The molecule has 0 atom stereocenters. The third-order valence-electron chi connectivity index (χ3n) is 4.04. The van der Waals surface area contributed by atoms with Crippen molar-refractivity contribution in [3.8, 4) is 11.1 Å². The Morgan fingerprint density at radius 2 is 1.72 bits per heavy atom. The predicted octanol–water partition coefficient (Wildman–Crippen LogP) is 3.97. The van der Waals surface area contributed by atoms with Gasteiger partial charge in [0, 0.05) is 26.5 Å². The van der Waals surface area contributed by atoms with Crippen LogP contribution in [-0.2, 0) is 4.74 Å². The molecule has 2 aromatic carbocycles. The number of carboxylic acids is 1. The Labute approximate surface area is 179 Å². The molecule has 29 heavy (non-hydrogen) atoms. The van der Waals surface area contributed by atoms with Gasteiger partial charge in [-0.05, 0) is 30.7 Å². The number of anilines is 1. The van der Waals surface area contributed by atoms with Gasteiger partial charge in [0.2, 0.25) is 0 Å². The van der Waals surface area contributed by atoms with Crippen LogP contribution in [0.5, 0.6) is 0 Å². The summed E-state index contributed by atoms with van der Waals surface area (Å²) >= 11 is 4.53. The standard InChI is InChI=1S/C21H16BrNO5S/c1-2-28-21(27)17-16(12-7-9-13(22)10-8-12)11-29-19(17)23-18(24)14-5-3-4-6-15(14)20(25)26/h3-11H,2H2,1H3,(H,23,24)(H,25,26)/p-1. The molecule has 0 spiro atoms. The number of carbonyl (C=O) groups is 3. The zero-order chi connectivity index (χ0) is 21.0. The fourth-order valence-corrected chi connectivity index (χ4v) is 3.94. The van der Waals surface area contributed by atoms with Crippen molar-refractivity contribution in [3.05, 3.63) is 75.1 Å². The minimum Gasteiger partial charge on any atom is -0.545 e. The quantitative estimate of drug-likeness (QED) is 0.547. The Morgan fingerprint density at radius 1 is 1.07 bits per heavy atom. The number of carbonyl (C=O) groups excluding carboxylic acids is 3. The van der Waals surface area contributed by atoms with Crippen LogP contribution >= 0.6 is 27.3 Å². The number of esters is 1. The van der Waals surface area contributed by atoms with Crippen LogP contribution in [0.25, 0.3) is 11.1 Å². The van der Waals surface area contributed by atoms with Gasteiger partial charge in [0.1, 0.15) is 10.6 Å². The Kier molecular flexibility index (Phi) is 6.46. The minimum absolute atomic E-state index is 0.0547. The van der Waals surface area contributed by atoms with Crippen LogP contribution < -0.4 is 10.4 Å². The number of aromatic carboxylic acids is 1. The lowest BCUT2D eigenvalue weighted by Crippen LogP contribution is -2.26. The van der Waals surface area contributed by atoms with Gasteiger partial charge in [-0.15, -0.1) is 11.3 Å². The summed E-state index contributed by atoms with van der Waals surface area (Å²) in [4.78, 5) is 36.6. The van der Waals surface area contributed by atoms with Gasteiger partial charge in [-0.3, -0.25) is 4.79 Å². The predicted molar refractivity (Wildman–Crippen MR) is 112 cm³/mol. The molecule has 0 aliphatic heterocycles. The van der Waals surface area contributed by atoms with Gasteiger partial charge in [0.15, 0.2) is 0 Å². The van der Waals surface area contributed by atoms with Crippen molar-refractivity contribution in [1.29, 1.82) is 0 Å². The average molecular weight is 473 g/mol. The van der Waals surface area contributed by atoms with Gasteiger partial charge in [0.05, 0.1) is 12.6 Å². The molecule has 1 heterocycles. The van der Waals surface area contributed by atoms with Crippen molar-refractivity contribution in [2.45, 2.75) is 6.92 Å². The van der Waals surface area contributed by atoms with E-state index < -0.39 is 17.8 Å². The number of hydrogen-bond acceptors (Lipinski definition) is 6. The molecule has 6 nitrogen and oxygen atoms in total. The minimum atomic E-state index is -1.46. The van der Waals surface area contributed by atoms with Crippen LogP contribution in [0, 0.1) is 0 Å². The summed E-state index contributed by atoms with van der Waals surface area (Å²) in [5.74, 6) is -2.68. The van der Waals surface area contributed by atoms with Crippen LogP contribution in [0.2, 0.25) is 0 Å². The fourth-order valence-electron chi connectivity index (χ4n) is 2.73. The van der Waals surface area contributed by atoms with E-state index >= 15 is 0 Å². The van der Waals surface area contributed by atoms with E-state index in [1.165, 1.54) is 18.2 Å². The highest BCUT2D eigenvalue weighted by atomic mass is 79.9. The molecule has 1 amide bonds. The van der Waals surface area contributed by atoms with E-state index in [9.17, 15) is 19.5 Å². The Morgan fingerprint density at radius 3 is 2.34 bits per heavy atom. The topological polar surface area (TPSA) is 95.5 Å². The maximum absolute atomic E-state index is 12.7. The summed E-state index contributed by atoms with van der Waals surface area (Å²) in [7, 11) is 0. The molecule has 3 rings (SSSR count). The first-order valence-corrected chi connectivity index (χ1v) is 10.3. The Bertz CT molecular complexity index is 1070. The molecule has 0 saturated heterocycles. The monoisotopic (exact) mass is 472 g/mol. The molecule has 0 fully saturated rings. The van der Waals surface area contributed by atoms with Gasteiger partial charge < -0.3 is 20.0 Å². The van der Waals surface area contributed by atoms with E-state index in [4.69, 9.17) is 4.74 Å². The molecule has 0 saturated carbocycles. The maximum Gasteiger partial charge on any atom is 0.341 e. The Hall–Kier alpha value is -2.97. The van der Waals surface area contributed by atoms with Crippen molar-refractivity contribution in [2.24, 2.45) is 0 Å². The van der Waals surface area contributed by atoms with Crippen LogP contribution in [0.4, 0.5) is 5.00 Å². The first kappa shape index (κ1) is 20.8. The number of hydrogen-bond donors (Lipinski definition) is 1. The number of carboxylic acid groups (broad SMARTS) is 1. The molecule has 0 unspecified atom stereocenters. The third kappa shape index (κ3) is 4.55. The van der Waals surface area contributed by atoms with Crippen molar-refractivity contribution in [3.63, 3.8) is 0 Å². The van der Waals surface area contributed by atoms with Gasteiger partial charge in [-0.2, -0.15) is 0 Å². The van der Waals surface area contributed by atoms with Crippen molar-refractivity contribution in [1.82, 2.24) is 0 Å². The molecule has 0 radical (unpaired) electrons. The zero-order valence-electron chi connectivity index (χ0n) is 15.2. The number of benzene rings is 2. The number of ether oxygens (including phenoxy) is 1. The molecule has 8 heteroatoms. The lowest BCUT2D eigenvalue weighted by Gasteiger charge is -2.11. The lowest BCUT2D eigenvalue weighted by atomic mass is 10.0. The van der Waals surface area contributed by atoms with Gasteiger partial charge in [-0.25, -0.2) is 4.79 Å². The van der Waals surface area contributed by atoms with E-state index in [1.54, 1.807) is 18.4 Å². The lowest BCUT2D eigenvalue weighted by molar-refractivity contribution is -0.255. The van der Waals surface area contributed by atoms with Crippen LogP contribution in [0.15, 0.2) is 58.4 Å². The maximum atomic E-state index is 12.7. The highest BCUT2D eigenvalue weighted by Gasteiger charge is 2.23. The van der Waals surface area contributed by atoms with Gasteiger partial charge in [0.25, 0.3) is 5.91 Å². The molecular formula is C21H15BrNO5S-. The van der Waals surface area contributed by atoms with Crippen molar-refractivity contribution in [2.75, 3.05) is 11.9 Å². The summed E-state index contributed by atoms with van der Waals surface area (Å²) in [5.41, 5.74) is 1.33. The van der Waals surface area contributed by atoms with Crippen molar-refractivity contribution >= 4 is 50.1 Å². The molecule has 1 N–H and O–H groups in total. The van der Waals surface area contributed by atoms with Crippen LogP contribution in [-0.4, -0.2) is 24.5 Å². The number of amides is 1. The van der Waals surface area contributed by atoms with Gasteiger partial charge >= 0.3 is 5.97 Å².